The number of carbonyl (C=O) groups is 1. The average molecular weight is 647 g/mol. The molecule has 46 heavy (non-hydrogen) atoms. The second kappa shape index (κ2) is 37.3. The van der Waals surface area contributed by atoms with E-state index < -0.39 is 0 Å². The molecule has 1 aliphatic carbocycles. The van der Waals surface area contributed by atoms with Gasteiger partial charge in [-0.3, -0.25) is 4.79 Å². The third kappa shape index (κ3) is 32.0. The molecule has 0 amide bonds. The molecule has 1 aliphatic rings. The quantitative estimate of drug-likeness (QED) is 0.0864. The first kappa shape index (κ1) is 43.5. The zero-order valence-corrected chi connectivity index (χ0v) is 31.9. The molecule has 0 heterocycles. The molecule has 0 N–H and O–H groups in total. The van der Waals surface area contributed by atoms with Gasteiger partial charge in [0.25, 0.3) is 0 Å². The molecule has 0 aliphatic heterocycles. The first-order valence-corrected chi connectivity index (χ1v) is 22.0. The normalized spacial score (nSPS) is 17.8. The van der Waals surface area contributed by atoms with Crippen LogP contribution in [-0.4, -0.2) is 12.6 Å². The number of hydrogen-bond acceptors (Lipinski definition) is 2. The van der Waals surface area contributed by atoms with Crippen molar-refractivity contribution in [3.05, 3.63) is 0 Å². The van der Waals surface area contributed by atoms with Gasteiger partial charge in [0.05, 0.1) is 12.5 Å². The highest BCUT2D eigenvalue weighted by atomic mass is 16.5. The number of esters is 1. The van der Waals surface area contributed by atoms with Gasteiger partial charge in [-0.1, -0.05) is 244 Å². The van der Waals surface area contributed by atoms with Crippen molar-refractivity contribution in [2.45, 2.75) is 264 Å². The lowest BCUT2D eigenvalue weighted by Crippen LogP contribution is -2.18. The predicted octanol–water partition coefficient (Wildman–Crippen LogP) is 15.8. The second-order valence-electron chi connectivity index (χ2n) is 15.5. The highest BCUT2D eigenvalue weighted by Crippen LogP contribution is 2.22. The molecule has 1 saturated carbocycles. The maximum absolute atomic E-state index is 13.0. The molecule has 0 atom stereocenters. The van der Waals surface area contributed by atoms with Gasteiger partial charge in [0.1, 0.15) is 0 Å². The molecule has 2 heteroatoms. The SMILES string of the molecule is CCCCCCCCCCCCCCCCCCCCCCOC(=O)C1CCCCCCCCCCCCCCCCCCCC1. The number of unbranched alkanes of at least 4 members (excludes halogenated alkanes) is 19. The predicted molar refractivity (Wildman–Crippen MR) is 205 cm³/mol. The van der Waals surface area contributed by atoms with Crippen molar-refractivity contribution >= 4 is 5.97 Å². The van der Waals surface area contributed by atoms with Crippen LogP contribution in [0.1, 0.15) is 264 Å². The first-order valence-electron chi connectivity index (χ1n) is 22.0. The maximum Gasteiger partial charge on any atom is 0.308 e. The number of hydrogen-bond donors (Lipinski definition) is 0. The Bertz CT molecular complexity index is 564. The van der Waals surface area contributed by atoms with Gasteiger partial charge in [-0.2, -0.15) is 0 Å². The molecule has 1 rings (SSSR count). The van der Waals surface area contributed by atoms with Crippen molar-refractivity contribution < 1.29 is 9.53 Å². The Morgan fingerprint density at radius 1 is 0.370 bits per heavy atom. The molecule has 0 unspecified atom stereocenters. The minimum atomic E-state index is 0.121. The summed E-state index contributed by atoms with van der Waals surface area (Å²) in [5.41, 5.74) is 0. The topological polar surface area (TPSA) is 26.3 Å². The highest BCUT2D eigenvalue weighted by molar-refractivity contribution is 5.72. The zero-order valence-electron chi connectivity index (χ0n) is 31.9. The second-order valence-corrected chi connectivity index (χ2v) is 15.5. The van der Waals surface area contributed by atoms with E-state index in [0.29, 0.717) is 6.61 Å². The third-order valence-corrected chi connectivity index (χ3v) is 10.9. The third-order valence-electron chi connectivity index (χ3n) is 10.9. The summed E-state index contributed by atoms with van der Waals surface area (Å²) < 4.78 is 5.85. The van der Waals surface area contributed by atoms with Crippen LogP contribution in [0.4, 0.5) is 0 Å². The van der Waals surface area contributed by atoms with E-state index in [0.717, 1.165) is 19.3 Å². The summed E-state index contributed by atoms with van der Waals surface area (Å²) in [5.74, 6) is 0.274. The van der Waals surface area contributed by atoms with E-state index in [4.69, 9.17) is 4.74 Å². The van der Waals surface area contributed by atoms with Crippen LogP contribution in [0.15, 0.2) is 0 Å². The van der Waals surface area contributed by atoms with Crippen LogP contribution in [0.3, 0.4) is 0 Å². The highest BCUT2D eigenvalue weighted by Gasteiger charge is 2.19. The Kier molecular flexibility index (Phi) is 35.3. The van der Waals surface area contributed by atoms with Crippen LogP contribution in [0.2, 0.25) is 0 Å². The summed E-state index contributed by atoms with van der Waals surface area (Å²) in [7, 11) is 0. The molecule has 0 aromatic carbocycles. The van der Waals surface area contributed by atoms with Crippen molar-refractivity contribution in [2.75, 3.05) is 6.61 Å². The van der Waals surface area contributed by atoms with Gasteiger partial charge in [0.15, 0.2) is 0 Å². The van der Waals surface area contributed by atoms with E-state index in [1.807, 2.05) is 0 Å². The minimum absolute atomic E-state index is 0.121. The van der Waals surface area contributed by atoms with Crippen LogP contribution < -0.4 is 0 Å². The summed E-state index contributed by atoms with van der Waals surface area (Å²) in [6, 6.07) is 0. The zero-order chi connectivity index (χ0) is 32.9. The van der Waals surface area contributed by atoms with Gasteiger partial charge in [0, 0.05) is 0 Å². The van der Waals surface area contributed by atoms with Crippen LogP contribution in [0, 0.1) is 5.92 Å². The Labute approximate surface area is 291 Å². The van der Waals surface area contributed by atoms with E-state index in [-0.39, 0.29) is 11.9 Å². The molecule has 1 fully saturated rings. The van der Waals surface area contributed by atoms with Crippen LogP contribution in [0.5, 0.6) is 0 Å². The van der Waals surface area contributed by atoms with Gasteiger partial charge in [-0.15, -0.1) is 0 Å². The minimum Gasteiger partial charge on any atom is -0.465 e. The van der Waals surface area contributed by atoms with E-state index >= 15 is 0 Å². The van der Waals surface area contributed by atoms with Gasteiger partial charge in [0.2, 0.25) is 0 Å². The fourth-order valence-corrected chi connectivity index (χ4v) is 7.64. The Balaban J connectivity index is 2.00. The van der Waals surface area contributed by atoms with Crippen LogP contribution >= 0.6 is 0 Å². The van der Waals surface area contributed by atoms with Crippen LogP contribution in [-0.2, 0) is 9.53 Å². The maximum atomic E-state index is 13.0. The number of ether oxygens (including phenoxy) is 1. The standard InChI is InChI=1S/C44H86O2/c1-2-3-4-5-6-7-8-9-10-11-12-15-18-21-24-27-30-33-36-39-42-46-44(45)43-40-37-34-31-28-25-22-19-16-13-14-17-20-23-26-29-32-35-38-41-43/h43H,2-42H2,1H3. The molecular formula is C44H86O2. The molecule has 0 aromatic rings. The molecule has 0 radical (unpaired) electrons. The smallest absolute Gasteiger partial charge is 0.308 e. The largest absolute Gasteiger partial charge is 0.465 e. The Morgan fingerprint density at radius 2 is 0.609 bits per heavy atom. The monoisotopic (exact) mass is 647 g/mol. The van der Waals surface area contributed by atoms with E-state index in [9.17, 15) is 4.79 Å². The number of carbonyl (C=O) groups excluding carboxylic acids is 1. The molecule has 0 saturated heterocycles. The van der Waals surface area contributed by atoms with E-state index in [1.165, 1.54) is 238 Å². The Morgan fingerprint density at radius 3 is 0.891 bits per heavy atom. The average Bonchev–Trinajstić information content (AvgIpc) is 3.06. The fourth-order valence-electron chi connectivity index (χ4n) is 7.64. The molecular weight excluding hydrogens is 560 g/mol. The molecule has 274 valence electrons. The van der Waals surface area contributed by atoms with Crippen molar-refractivity contribution in [3.63, 3.8) is 0 Å². The van der Waals surface area contributed by atoms with Crippen molar-refractivity contribution in [3.8, 4) is 0 Å². The van der Waals surface area contributed by atoms with Gasteiger partial charge in [-0.25, -0.2) is 0 Å². The van der Waals surface area contributed by atoms with Crippen molar-refractivity contribution in [1.82, 2.24) is 0 Å². The molecule has 0 bridgehead atoms. The van der Waals surface area contributed by atoms with Crippen molar-refractivity contribution in [1.29, 1.82) is 0 Å². The summed E-state index contributed by atoms with van der Waals surface area (Å²) in [4.78, 5) is 13.0. The molecule has 0 aromatic heterocycles. The first-order chi connectivity index (χ1) is 22.8. The lowest BCUT2D eigenvalue weighted by atomic mass is 9.94. The molecule has 2 nitrogen and oxygen atoms in total. The summed E-state index contributed by atoms with van der Waals surface area (Å²) in [6.45, 7) is 2.95. The van der Waals surface area contributed by atoms with Crippen molar-refractivity contribution in [2.24, 2.45) is 5.92 Å². The van der Waals surface area contributed by atoms with Gasteiger partial charge in [-0.05, 0) is 19.3 Å². The van der Waals surface area contributed by atoms with Crippen LogP contribution in [0.25, 0.3) is 0 Å². The van der Waals surface area contributed by atoms with Gasteiger partial charge >= 0.3 is 5.97 Å². The number of rotatable bonds is 22. The lowest BCUT2D eigenvalue weighted by molar-refractivity contribution is -0.149. The fraction of sp³-hybridized carbons (Fsp3) is 0.977. The summed E-state index contributed by atoms with van der Waals surface area (Å²) in [6.07, 6.45) is 54.9. The van der Waals surface area contributed by atoms with E-state index in [2.05, 4.69) is 6.92 Å². The molecule has 0 spiro atoms. The summed E-state index contributed by atoms with van der Waals surface area (Å²) in [5, 5.41) is 0. The van der Waals surface area contributed by atoms with Gasteiger partial charge < -0.3 is 4.74 Å². The van der Waals surface area contributed by atoms with E-state index in [1.54, 1.807) is 0 Å². The Hall–Kier alpha value is -0.530. The summed E-state index contributed by atoms with van der Waals surface area (Å²) >= 11 is 0. The lowest BCUT2D eigenvalue weighted by Gasteiger charge is -2.16.